The molecule has 0 bridgehead atoms. The van der Waals surface area contributed by atoms with Crippen LogP contribution in [0.1, 0.15) is 0 Å². The van der Waals surface area contributed by atoms with Crippen molar-refractivity contribution < 1.29 is 0 Å². The molecule has 14 heavy (non-hydrogen) atoms. The minimum absolute atomic E-state index is 0.896. The Morgan fingerprint density at radius 1 is 0.786 bits per heavy atom. The van der Waals surface area contributed by atoms with E-state index in [0.29, 0.717) is 0 Å². The molecular formula is C9H15I3In2. The van der Waals surface area contributed by atoms with Gasteiger partial charge in [0.05, 0.1) is 0 Å². The fourth-order valence-electron chi connectivity index (χ4n) is 0.584. The summed E-state index contributed by atoms with van der Waals surface area (Å²) in [6.45, 7) is 11.0. The van der Waals surface area contributed by atoms with Gasteiger partial charge in [-0.25, -0.2) is 0 Å². The second kappa shape index (κ2) is 16.2. The monoisotopic (exact) mass is 734 g/mol. The number of hydrogen-bond acceptors (Lipinski definition) is 0. The van der Waals surface area contributed by atoms with E-state index in [-0.39, 0.29) is 0 Å². The second-order valence-electron chi connectivity index (χ2n) is 2.56. The molecule has 0 radical (unpaired) electrons. The summed E-state index contributed by atoms with van der Waals surface area (Å²) >= 11 is 5.78. The van der Waals surface area contributed by atoms with Gasteiger partial charge in [0.1, 0.15) is 0 Å². The second-order valence-corrected chi connectivity index (χ2v) is 60.2. The molecule has 0 fully saturated rings. The quantitative estimate of drug-likeness (QED) is 0.257. The van der Waals surface area contributed by atoms with Crippen LogP contribution < -0.4 is 0 Å². The zero-order valence-corrected chi connectivity index (χ0v) is 21.3. The molecule has 0 rings (SSSR count). The summed E-state index contributed by atoms with van der Waals surface area (Å²) in [5.41, 5.74) is 0. The maximum atomic E-state index is 3.70. The molecule has 0 heterocycles. The van der Waals surface area contributed by atoms with Gasteiger partial charge in [-0.2, -0.15) is 0 Å². The third-order valence-corrected chi connectivity index (χ3v) is 21.6. The van der Waals surface area contributed by atoms with Crippen molar-refractivity contribution in [2.24, 2.45) is 0 Å². The van der Waals surface area contributed by atoms with Gasteiger partial charge in [0.2, 0.25) is 0 Å². The Balaban J connectivity index is 0. The Hall–Kier alpha value is 3.15. The van der Waals surface area contributed by atoms with Gasteiger partial charge in [0.25, 0.3) is 0 Å². The zero-order chi connectivity index (χ0) is 11.4. The van der Waals surface area contributed by atoms with Crippen LogP contribution in [0.3, 0.4) is 0 Å². The summed E-state index contributed by atoms with van der Waals surface area (Å²) in [5, 5.41) is 0. The SMILES string of the molecule is C=C[CH2][In]([I])[CH2]C=C.C=C[CH2][In]([I])[I]. The molecule has 0 saturated heterocycles. The summed E-state index contributed by atoms with van der Waals surface area (Å²) in [4.78, 5) is 0. The fraction of sp³-hybridized carbons (Fsp3) is 0.333. The van der Waals surface area contributed by atoms with Crippen LogP contribution in [-0.4, -0.2) is 30.4 Å². The van der Waals surface area contributed by atoms with Crippen LogP contribution in [-0.2, 0) is 0 Å². The van der Waals surface area contributed by atoms with Crippen LogP contribution in [0.5, 0.6) is 0 Å². The molecule has 0 aliphatic carbocycles. The summed E-state index contributed by atoms with van der Waals surface area (Å²) in [5.74, 6) is 0. The van der Waals surface area contributed by atoms with Crippen molar-refractivity contribution >= 4 is 84.8 Å². The summed E-state index contributed by atoms with van der Waals surface area (Å²) in [6, 6.07) is 0. The molecule has 0 nitrogen and oxygen atoms in total. The van der Waals surface area contributed by atoms with Gasteiger partial charge in [0, 0.05) is 0 Å². The van der Waals surface area contributed by atoms with E-state index in [9.17, 15) is 0 Å². The van der Waals surface area contributed by atoms with E-state index < -0.39 is 30.4 Å². The average Bonchev–Trinajstić information content (AvgIpc) is 2.05. The molecule has 0 aromatic rings. The van der Waals surface area contributed by atoms with Gasteiger partial charge in [-0.05, 0) is 0 Å². The first-order chi connectivity index (χ1) is 6.58. The van der Waals surface area contributed by atoms with Crippen molar-refractivity contribution in [1.82, 2.24) is 0 Å². The number of rotatable bonds is 6. The molecule has 0 unspecified atom stereocenters. The van der Waals surface area contributed by atoms with E-state index in [4.69, 9.17) is 0 Å². The summed E-state index contributed by atoms with van der Waals surface area (Å²) < 4.78 is 3.92. The molecule has 0 aromatic heterocycles. The van der Waals surface area contributed by atoms with Crippen LogP contribution in [0.15, 0.2) is 38.0 Å². The van der Waals surface area contributed by atoms with E-state index in [1.165, 1.54) is 12.5 Å². The van der Waals surface area contributed by atoms with Crippen molar-refractivity contribution in [3.05, 3.63) is 38.0 Å². The molecule has 0 spiro atoms. The van der Waals surface area contributed by atoms with Crippen molar-refractivity contribution in [3.8, 4) is 0 Å². The van der Waals surface area contributed by atoms with Crippen molar-refractivity contribution in [1.29, 1.82) is 0 Å². The Labute approximate surface area is 132 Å². The molecule has 5 heteroatoms. The van der Waals surface area contributed by atoms with Crippen molar-refractivity contribution in [2.75, 3.05) is 0 Å². The van der Waals surface area contributed by atoms with Crippen LogP contribution in [0.4, 0.5) is 0 Å². The molecule has 0 atom stereocenters. The van der Waals surface area contributed by atoms with Gasteiger partial charge in [-0.1, -0.05) is 0 Å². The standard InChI is InChI=1S/3C3H5.3HI.2In/c3*1-3-2;;;;;/h3*3H,1-2H2;3*1H;;/q;;;;;;+1;+2/p-3. The number of halogens is 3. The Bertz CT molecular complexity index is 150. The van der Waals surface area contributed by atoms with Gasteiger partial charge >= 0.3 is 135 Å². The third kappa shape index (κ3) is 20.5. The maximum absolute atomic E-state index is 3.70. The Morgan fingerprint density at radius 3 is 1.29 bits per heavy atom. The Morgan fingerprint density at radius 2 is 1.14 bits per heavy atom. The summed E-state index contributed by atoms with van der Waals surface area (Å²) in [7, 11) is 0. The van der Waals surface area contributed by atoms with Crippen LogP contribution in [0.2, 0.25) is 12.5 Å². The molecule has 78 valence electrons. The normalized spacial score (nSPS) is 7.93. The van der Waals surface area contributed by atoms with E-state index in [0.717, 1.165) is 0 Å². The van der Waals surface area contributed by atoms with Gasteiger partial charge in [0.15, 0.2) is 0 Å². The first-order valence-corrected chi connectivity index (χ1v) is 40.1. The predicted molar refractivity (Wildman–Crippen MR) is 98.6 cm³/mol. The molecular weight excluding hydrogens is 718 g/mol. The molecule has 0 aliphatic heterocycles. The number of allylic oxidation sites excluding steroid dienone is 3. The van der Waals surface area contributed by atoms with Crippen molar-refractivity contribution in [3.63, 3.8) is 0 Å². The Kier molecular flexibility index (Phi) is 22.5. The van der Waals surface area contributed by atoms with Crippen LogP contribution in [0, 0.1) is 0 Å². The van der Waals surface area contributed by atoms with Gasteiger partial charge in [-0.15, -0.1) is 0 Å². The predicted octanol–water partition coefficient (Wildman–Crippen LogP) is 5.32. The topological polar surface area (TPSA) is 0 Å². The molecule has 0 saturated carbocycles. The van der Waals surface area contributed by atoms with E-state index in [1.807, 2.05) is 18.2 Å². The third-order valence-electron chi connectivity index (χ3n) is 1.19. The van der Waals surface area contributed by atoms with Crippen LogP contribution in [0.25, 0.3) is 0 Å². The van der Waals surface area contributed by atoms with E-state index >= 15 is 0 Å². The number of hydrogen-bond donors (Lipinski definition) is 0. The molecule has 0 N–H and O–H groups in total. The van der Waals surface area contributed by atoms with E-state index in [2.05, 4.69) is 74.1 Å². The van der Waals surface area contributed by atoms with E-state index in [1.54, 1.807) is 0 Å². The van der Waals surface area contributed by atoms with Gasteiger partial charge in [-0.3, -0.25) is 0 Å². The minimum atomic E-state index is -1.06. The van der Waals surface area contributed by atoms with Gasteiger partial charge < -0.3 is 0 Å². The fourth-order valence-corrected chi connectivity index (χ4v) is 13.6. The van der Waals surface area contributed by atoms with Crippen LogP contribution >= 0.6 is 54.4 Å². The first kappa shape index (κ1) is 19.5. The van der Waals surface area contributed by atoms with Crippen molar-refractivity contribution in [2.45, 2.75) is 12.5 Å². The average molecular weight is 734 g/mol. The first-order valence-electron chi connectivity index (χ1n) is 4.33. The molecule has 0 aromatic carbocycles. The zero-order valence-electron chi connectivity index (χ0n) is 8.26. The molecule has 0 amide bonds. The molecule has 0 aliphatic rings. The summed E-state index contributed by atoms with van der Waals surface area (Å²) in [6.07, 6.45) is 6.10.